The summed E-state index contributed by atoms with van der Waals surface area (Å²) in [6.45, 7) is 0. The summed E-state index contributed by atoms with van der Waals surface area (Å²) in [5, 5.41) is 10.1. The van der Waals surface area contributed by atoms with Crippen LogP contribution in [0.5, 0.6) is 0 Å². The van der Waals surface area contributed by atoms with Gasteiger partial charge >= 0.3 is 0 Å². The van der Waals surface area contributed by atoms with Crippen molar-refractivity contribution in [1.29, 1.82) is 0 Å². The van der Waals surface area contributed by atoms with Gasteiger partial charge in [-0.3, -0.25) is 10.1 Å². The van der Waals surface area contributed by atoms with Crippen molar-refractivity contribution in [3.8, 4) is 0 Å². The zero-order valence-corrected chi connectivity index (χ0v) is 5.17. The predicted octanol–water partition coefficient (Wildman–Crippen LogP) is 1.72. The van der Waals surface area contributed by atoms with E-state index in [1.807, 2.05) is 0 Å². The number of nitro groups is 1. The molecule has 0 aromatic rings. The van der Waals surface area contributed by atoms with Gasteiger partial charge in [0.2, 0.25) is 5.70 Å². The first kappa shape index (κ1) is 6.26. The fraction of sp³-hybridized carbons (Fsp3) is 0.667. The molecule has 0 spiro atoms. The summed E-state index contributed by atoms with van der Waals surface area (Å²) in [6, 6.07) is 0. The van der Waals surface area contributed by atoms with E-state index in [4.69, 9.17) is 0 Å². The maximum atomic E-state index is 10.1. The molecule has 0 radical (unpaired) electrons. The highest BCUT2D eigenvalue weighted by Crippen LogP contribution is 2.16. The van der Waals surface area contributed by atoms with Gasteiger partial charge in [-0.05, 0) is 25.3 Å². The van der Waals surface area contributed by atoms with Crippen LogP contribution in [-0.2, 0) is 0 Å². The summed E-state index contributed by atoms with van der Waals surface area (Å²) in [5.41, 5.74) is 0.404. The Kier molecular flexibility index (Phi) is 1.82. The maximum Gasteiger partial charge on any atom is 0.242 e. The molecule has 0 saturated carbocycles. The van der Waals surface area contributed by atoms with Crippen LogP contribution in [0.1, 0.15) is 25.7 Å². The van der Waals surface area contributed by atoms with E-state index in [0.29, 0.717) is 12.1 Å². The van der Waals surface area contributed by atoms with E-state index in [2.05, 4.69) is 0 Å². The summed E-state index contributed by atoms with van der Waals surface area (Å²) < 4.78 is 0. The topological polar surface area (TPSA) is 43.1 Å². The van der Waals surface area contributed by atoms with E-state index in [1.165, 1.54) is 0 Å². The van der Waals surface area contributed by atoms with Gasteiger partial charge in [0.05, 0.1) is 4.92 Å². The van der Waals surface area contributed by atoms with Crippen LogP contribution >= 0.6 is 0 Å². The Labute approximate surface area is 53.5 Å². The van der Waals surface area contributed by atoms with Crippen molar-refractivity contribution in [3.05, 3.63) is 21.9 Å². The van der Waals surface area contributed by atoms with Gasteiger partial charge in [-0.1, -0.05) is 0 Å². The molecular formula is C6H9NO2. The molecule has 0 aromatic heterocycles. The van der Waals surface area contributed by atoms with Crippen molar-refractivity contribution >= 4 is 0 Å². The maximum absolute atomic E-state index is 10.1. The smallest absolute Gasteiger partial charge is 0.242 e. The highest BCUT2D eigenvalue weighted by atomic mass is 16.6. The molecule has 9 heavy (non-hydrogen) atoms. The molecule has 0 amide bonds. The van der Waals surface area contributed by atoms with Crippen molar-refractivity contribution in [2.24, 2.45) is 0 Å². The molecule has 1 rings (SSSR count). The average molecular weight is 127 g/mol. The first-order valence-corrected chi connectivity index (χ1v) is 3.14. The quantitative estimate of drug-likeness (QED) is 0.397. The van der Waals surface area contributed by atoms with E-state index in [1.54, 1.807) is 6.08 Å². The molecule has 1 aliphatic rings. The minimum Gasteiger partial charge on any atom is -0.259 e. The van der Waals surface area contributed by atoms with Gasteiger partial charge in [0.15, 0.2) is 0 Å². The van der Waals surface area contributed by atoms with Crippen molar-refractivity contribution < 1.29 is 4.92 Å². The molecular weight excluding hydrogens is 118 g/mol. The van der Waals surface area contributed by atoms with Gasteiger partial charge in [-0.25, -0.2) is 0 Å². The lowest BCUT2D eigenvalue weighted by molar-refractivity contribution is -0.429. The second kappa shape index (κ2) is 2.62. The Morgan fingerprint density at radius 1 is 1.56 bits per heavy atom. The normalized spacial score (nSPS) is 18.9. The molecule has 0 N–H and O–H groups in total. The number of hydrogen-bond acceptors (Lipinski definition) is 2. The van der Waals surface area contributed by atoms with E-state index >= 15 is 0 Å². The number of nitrogens with zero attached hydrogens (tertiary/aromatic N) is 1. The monoisotopic (exact) mass is 127 g/mol. The first-order chi connectivity index (χ1) is 4.30. The van der Waals surface area contributed by atoms with Crippen molar-refractivity contribution in [2.45, 2.75) is 25.7 Å². The molecule has 0 aromatic carbocycles. The Bertz CT molecular complexity index is 151. The van der Waals surface area contributed by atoms with Crippen LogP contribution in [0, 0.1) is 10.1 Å². The van der Waals surface area contributed by atoms with Crippen LogP contribution in [0.3, 0.4) is 0 Å². The van der Waals surface area contributed by atoms with E-state index in [9.17, 15) is 10.1 Å². The Balaban J connectivity index is 2.57. The molecule has 0 fully saturated rings. The fourth-order valence-corrected chi connectivity index (χ4v) is 0.987. The highest BCUT2D eigenvalue weighted by molar-refractivity contribution is 4.94. The lowest BCUT2D eigenvalue weighted by Gasteiger charge is -2.02. The molecule has 0 atom stereocenters. The van der Waals surface area contributed by atoms with E-state index < -0.39 is 0 Å². The largest absolute Gasteiger partial charge is 0.259 e. The lowest BCUT2D eigenvalue weighted by atomic mass is 10.1. The average Bonchev–Trinajstić information content (AvgIpc) is 1.90. The lowest BCUT2D eigenvalue weighted by Crippen LogP contribution is -2.01. The van der Waals surface area contributed by atoms with Gasteiger partial charge in [0.25, 0.3) is 0 Å². The molecule has 0 heterocycles. The second-order valence-electron chi connectivity index (χ2n) is 2.20. The minimum absolute atomic E-state index is 0.279. The molecule has 3 nitrogen and oxygen atoms in total. The summed E-state index contributed by atoms with van der Waals surface area (Å²) >= 11 is 0. The zero-order valence-electron chi connectivity index (χ0n) is 5.17. The Morgan fingerprint density at radius 2 is 2.33 bits per heavy atom. The minimum atomic E-state index is -0.279. The number of allylic oxidation sites excluding steroid dienone is 2. The third-order valence-corrected chi connectivity index (χ3v) is 1.50. The van der Waals surface area contributed by atoms with Gasteiger partial charge in [0, 0.05) is 6.42 Å². The zero-order chi connectivity index (χ0) is 6.69. The van der Waals surface area contributed by atoms with Crippen LogP contribution in [0.15, 0.2) is 11.8 Å². The molecule has 3 heteroatoms. The van der Waals surface area contributed by atoms with Crippen molar-refractivity contribution in [3.63, 3.8) is 0 Å². The summed E-state index contributed by atoms with van der Waals surface area (Å²) in [6.07, 6.45) is 5.36. The Morgan fingerprint density at radius 3 is 2.67 bits per heavy atom. The van der Waals surface area contributed by atoms with Gasteiger partial charge < -0.3 is 0 Å². The summed E-state index contributed by atoms with van der Waals surface area (Å²) in [4.78, 5) is 9.81. The van der Waals surface area contributed by atoms with Crippen LogP contribution in [0.4, 0.5) is 0 Å². The standard InChI is InChI=1S/C6H9NO2/c8-7(9)6-4-2-1-3-5-6/h4H,1-3,5H2. The summed E-state index contributed by atoms with van der Waals surface area (Å²) in [7, 11) is 0. The Hall–Kier alpha value is -0.860. The van der Waals surface area contributed by atoms with Crippen molar-refractivity contribution in [2.75, 3.05) is 0 Å². The number of rotatable bonds is 1. The predicted molar refractivity (Wildman–Crippen MR) is 33.5 cm³/mol. The number of hydrogen-bond donors (Lipinski definition) is 0. The third kappa shape index (κ3) is 1.52. The van der Waals surface area contributed by atoms with Crippen LogP contribution in [0.25, 0.3) is 0 Å². The van der Waals surface area contributed by atoms with Crippen LogP contribution in [0.2, 0.25) is 0 Å². The molecule has 50 valence electrons. The van der Waals surface area contributed by atoms with Crippen LogP contribution < -0.4 is 0 Å². The first-order valence-electron chi connectivity index (χ1n) is 3.14. The molecule has 0 aliphatic heterocycles. The SMILES string of the molecule is O=[N+]([O-])C1=CCCCC1. The van der Waals surface area contributed by atoms with Crippen LogP contribution in [-0.4, -0.2) is 4.92 Å². The van der Waals surface area contributed by atoms with Crippen molar-refractivity contribution in [1.82, 2.24) is 0 Å². The molecule has 0 bridgehead atoms. The van der Waals surface area contributed by atoms with E-state index in [0.717, 1.165) is 19.3 Å². The summed E-state index contributed by atoms with van der Waals surface area (Å²) in [5.74, 6) is 0. The molecule has 0 unspecified atom stereocenters. The van der Waals surface area contributed by atoms with Gasteiger partial charge in [-0.15, -0.1) is 0 Å². The second-order valence-corrected chi connectivity index (χ2v) is 2.20. The van der Waals surface area contributed by atoms with Gasteiger partial charge in [0.1, 0.15) is 0 Å². The third-order valence-electron chi connectivity index (χ3n) is 1.50. The van der Waals surface area contributed by atoms with E-state index in [-0.39, 0.29) is 4.92 Å². The molecule has 0 saturated heterocycles. The fourth-order valence-electron chi connectivity index (χ4n) is 0.987. The molecule has 1 aliphatic carbocycles. The van der Waals surface area contributed by atoms with Gasteiger partial charge in [-0.2, -0.15) is 0 Å². The highest BCUT2D eigenvalue weighted by Gasteiger charge is 2.12.